The number of rotatable bonds is 4. The van der Waals surface area contributed by atoms with Gasteiger partial charge in [0.2, 0.25) is 0 Å². The molecule has 0 radical (unpaired) electrons. The van der Waals surface area contributed by atoms with Gasteiger partial charge in [-0.2, -0.15) is 5.10 Å². The van der Waals surface area contributed by atoms with Gasteiger partial charge in [-0.05, 0) is 50.6 Å². The lowest BCUT2D eigenvalue weighted by atomic mass is 10.2. The van der Waals surface area contributed by atoms with E-state index in [9.17, 15) is 0 Å². The largest absolute Gasteiger partial charge is 0.487 e. The van der Waals surface area contributed by atoms with Crippen LogP contribution in [0.15, 0.2) is 28.7 Å². The summed E-state index contributed by atoms with van der Waals surface area (Å²) >= 11 is 3.45. The molecule has 0 fully saturated rings. The van der Waals surface area contributed by atoms with Gasteiger partial charge in [0, 0.05) is 11.0 Å². The minimum absolute atomic E-state index is 0.553. The highest BCUT2D eigenvalue weighted by Gasteiger charge is 2.06. The van der Waals surface area contributed by atoms with E-state index in [0.29, 0.717) is 6.61 Å². The molecule has 18 heavy (non-hydrogen) atoms. The van der Waals surface area contributed by atoms with Crippen LogP contribution in [0.4, 0.5) is 0 Å². The van der Waals surface area contributed by atoms with Crippen LogP contribution in [0.25, 0.3) is 0 Å². The first-order valence-electron chi connectivity index (χ1n) is 6.02. The fourth-order valence-electron chi connectivity index (χ4n) is 1.92. The molecular weight excluding hydrogens is 292 g/mol. The molecule has 0 aliphatic carbocycles. The zero-order chi connectivity index (χ0) is 13.1. The zero-order valence-corrected chi connectivity index (χ0v) is 12.5. The Morgan fingerprint density at radius 1 is 1.28 bits per heavy atom. The summed E-state index contributed by atoms with van der Waals surface area (Å²) in [7, 11) is 0. The predicted molar refractivity (Wildman–Crippen MR) is 75.8 cm³/mol. The third-order valence-corrected chi connectivity index (χ3v) is 3.29. The van der Waals surface area contributed by atoms with Crippen LogP contribution in [-0.2, 0) is 13.2 Å². The van der Waals surface area contributed by atoms with E-state index >= 15 is 0 Å². The maximum absolute atomic E-state index is 5.85. The van der Waals surface area contributed by atoms with E-state index in [1.807, 2.05) is 30.7 Å². The summed E-state index contributed by atoms with van der Waals surface area (Å²) in [5.41, 5.74) is 3.27. The van der Waals surface area contributed by atoms with E-state index < -0.39 is 0 Å². The Balaban J connectivity index is 2.11. The van der Waals surface area contributed by atoms with Crippen molar-refractivity contribution in [3.8, 4) is 5.75 Å². The van der Waals surface area contributed by atoms with Gasteiger partial charge in [-0.25, -0.2) is 0 Å². The highest BCUT2D eigenvalue weighted by atomic mass is 79.9. The second kappa shape index (κ2) is 5.57. The molecule has 4 heteroatoms. The van der Waals surface area contributed by atoms with Gasteiger partial charge in [-0.1, -0.05) is 15.9 Å². The quantitative estimate of drug-likeness (QED) is 0.857. The zero-order valence-electron chi connectivity index (χ0n) is 10.9. The summed E-state index contributed by atoms with van der Waals surface area (Å²) in [5.74, 6) is 0.916. The van der Waals surface area contributed by atoms with Crippen LogP contribution in [0.1, 0.15) is 23.9 Å². The second-order valence-corrected chi connectivity index (χ2v) is 5.21. The normalized spacial score (nSPS) is 10.7. The first kappa shape index (κ1) is 13.1. The third-order valence-electron chi connectivity index (χ3n) is 2.80. The number of hydrogen-bond acceptors (Lipinski definition) is 2. The van der Waals surface area contributed by atoms with Crippen LogP contribution >= 0.6 is 15.9 Å². The van der Waals surface area contributed by atoms with Crippen molar-refractivity contribution in [2.75, 3.05) is 0 Å². The second-order valence-electron chi connectivity index (χ2n) is 4.29. The molecule has 0 aliphatic heterocycles. The number of aromatic nitrogens is 2. The molecule has 0 saturated heterocycles. The molecule has 0 atom stereocenters. The fraction of sp³-hybridized carbons (Fsp3) is 0.357. The molecule has 0 saturated carbocycles. The number of ether oxygens (including phenoxy) is 1. The Bertz CT molecular complexity index is 549. The molecule has 0 bridgehead atoms. The highest BCUT2D eigenvalue weighted by molar-refractivity contribution is 9.10. The van der Waals surface area contributed by atoms with Gasteiger partial charge >= 0.3 is 0 Å². The van der Waals surface area contributed by atoms with E-state index in [1.54, 1.807) is 0 Å². The van der Waals surface area contributed by atoms with Crippen molar-refractivity contribution in [3.05, 3.63) is 45.7 Å². The van der Waals surface area contributed by atoms with Crippen LogP contribution < -0.4 is 4.74 Å². The van der Waals surface area contributed by atoms with Crippen molar-refractivity contribution in [1.82, 2.24) is 9.78 Å². The molecule has 1 aromatic heterocycles. The van der Waals surface area contributed by atoms with Crippen LogP contribution in [-0.4, -0.2) is 9.78 Å². The standard InChI is InChI=1S/C14H17BrN2O/c1-4-17-13(8-11(3)16-17)9-18-14-6-5-12(15)7-10(14)2/h5-8H,4,9H2,1-3H3. The molecule has 3 nitrogen and oxygen atoms in total. The van der Waals surface area contributed by atoms with Crippen LogP contribution in [0.5, 0.6) is 5.75 Å². The fourth-order valence-corrected chi connectivity index (χ4v) is 2.39. The average Bonchev–Trinajstić information content (AvgIpc) is 2.68. The smallest absolute Gasteiger partial charge is 0.130 e. The minimum atomic E-state index is 0.553. The van der Waals surface area contributed by atoms with Crippen molar-refractivity contribution < 1.29 is 4.74 Å². The summed E-state index contributed by atoms with van der Waals surface area (Å²) in [6.45, 7) is 7.55. The van der Waals surface area contributed by atoms with Gasteiger partial charge in [-0.15, -0.1) is 0 Å². The Morgan fingerprint density at radius 2 is 2.06 bits per heavy atom. The molecule has 0 spiro atoms. The van der Waals surface area contributed by atoms with Gasteiger partial charge < -0.3 is 4.74 Å². The molecule has 2 rings (SSSR count). The number of hydrogen-bond donors (Lipinski definition) is 0. The molecule has 0 N–H and O–H groups in total. The Labute approximate surface area is 116 Å². The van der Waals surface area contributed by atoms with Crippen LogP contribution in [0.3, 0.4) is 0 Å². The summed E-state index contributed by atoms with van der Waals surface area (Å²) in [6, 6.07) is 8.10. The van der Waals surface area contributed by atoms with Gasteiger partial charge in [0.1, 0.15) is 12.4 Å². The Morgan fingerprint density at radius 3 is 2.72 bits per heavy atom. The van der Waals surface area contributed by atoms with Crippen molar-refractivity contribution in [2.45, 2.75) is 33.9 Å². The summed E-state index contributed by atoms with van der Waals surface area (Å²) in [4.78, 5) is 0. The van der Waals surface area contributed by atoms with Gasteiger partial charge in [-0.3, -0.25) is 4.68 Å². The lowest BCUT2D eigenvalue weighted by molar-refractivity contribution is 0.290. The molecule has 96 valence electrons. The van der Waals surface area contributed by atoms with Gasteiger partial charge in [0.05, 0.1) is 11.4 Å². The third kappa shape index (κ3) is 2.93. The minimum Gasteiger partial charge on any atom is -0.487 e. The number of aryl methyl sites for hydroxylation is 3. The van der Waals surface area contributed by atoms with Crippen molar-refractivity contribution in [3.63, 3.8) is 0 Å². The van der Waals surface area contributed by atoms with Crippen LogP contribution in [0, 0.1) is 13.8 Å². The van der Waals surface area contributed by atoms with Crippen molar-refractivity contribution in [2.24, 2.45) is 0 Å². The lowest BCUT2D eigenvalue weighted by Gasteiger charge is -2.10. The van der Waals surface area contributed by atoms with E-state index in [2.05, 4.69) is 40.1 Å². The van der Waals surface area contributed by atoms with Crippen LogP contribution in [0.2, 0.25) is 0 Å². The maximum Gasteiger partial charge on any atom is 0.130 e. The van der Waals surface area contributed by atoms with Crippen molar-refractivity contribution in [1.29, 1.82) is 0 Å². The number of halogens is 1. The number of nitrogens with zero attached hydrogens (tertiary/aromatic N) is 2. The Hall–Kier alpha value is -1.29. The SMILES string of the molecule is CCn1nc(C)cc1COc1ccc(Br)cc1C. The van der Waals surface area contributed by atoms with E-state index in [1.165, 1.54) is 0 Å². The molecular formula is C14H17BrN2O. The van der Waals surface area contributed by atoms with Gasteiger partial charge in [0.25, 0.3) is 0 Å². The Kier molecular flexibility index (Phi) is 4.07. The molecule has 0 unspecified atom stereocenters. The van der Waals surface area contributed by atoms with Gasteiger partial charge in [0.15, 0.2) is 0 Å². The molecule has 0 aliphatic rings. The predicted octanol–water partition coefficient (Wildman–Crippen LogP) is 3.86. The summed E-state index contributed by atoms with van der Waals surface area (Å²) in [6.07, 6.45) is 0. The lowest BCUT2D eigenvalue weighted by Crippen LogP contribution is -2.06. The number of benzene rings is 1. The highest BCUT2D eigenvalue weighted by Crippen LogP contribution is 2.23. The monoisotopic (exact) mass is 308 g/mol. The van der Waals surface area contributed by atoms with Crippen molar-refractivity contribution >= 4 is 15.9 Å². The van der Waals surface area contributed by atoms with E-state index in [-0.39, 0.29) is 0 Å². The first-order valence-corrected chi connectivity index (χ1v) is 6.81. The van der Waals surface area contributed by atoms with E-state index in [0.717, 1.165) is 33.7 Å². The average molecular weight is 309 g/mol. The maximum atomic E-state index is 5.85. The molecule has 2 aromatic rings. The molecule has 0 amide bonds. The molecule has 1 heterocycles. The van der Waals surface area contributed by atoms with E-state index in [4.69, 9.17) is 4.74 Å². The summed E-state index contributed by atoms with van der Waals surface area (Å²) in [5, 5.41) is 4.41. The molecule has 1 aromatic carbocycles. The first-order chi connectivity index (χ1) is 8.60. The topological polar surface area (TPSA) is 27.1 Å². The summed E-state index contributed by atoms with van der Waals surface area (Å²) < 4.78 is 8.90.